The van der Waals surface area contributed by atoms with Crippen molar-refractivity contribution in [3.63, 3.8) is 0 Å². The van der Waals surface area contributed by atoms with Crippen LogP contribution in [0.3, 0.4) is 0 Å². The second-order valence-corrected chi connectivity index (χ2v) is 6.55. The largest absolute Gasteiger partial charge is 0.360 e. The Kier molecular flexibility index (Phi) is 5.18. The number of piperazine rings is 1. The molecule has 2 aliphatic rings. The minimum atomic E-state index is -0.0479. The Morgan fingerprint density at radius 1 is 1.29 bits per heavy atom. The Bertz CT molecular complexity index is 605. The number of hydrogen-bond acceptors (Lipinski definition) is 5. The van der Waals surface area contributed by atoms with Crippen LogP contribution in [-0.2, 0) is 11.2 Å². The highest BCUT2D eigenvalue weighted by molar-refractivity contribution is 5.96. The van der Waals surface area contributed by atoms with Crippen LogP contribution in [0.25, 0.3) is 0 Å². The van der Waals surface area contributed by atoms with Gasteiger partial charge in [-0.15, -0.1) is 0 Å². The van der Waals surface area contributed by atoms with Gasteiger partial charge in [0.2, 0.25) is 5.91 Å². The summed E-state index contributed by atoms with van der Waals surface area (Å²) in [6, 6.07) is -0.0479. The van der Waals surface area contributed by atoms with Gasteiger partial charge in [0.05, 0.1) is 11.7 Å². The molecule has 7 nitrogen and oxygen atoms in total. The number of aromatic nitrogens is 1. The number of carbonyl (C=O) groups excluding carboxylic acids is 2. The van der Waals surface area contributed by atoms with Gasteiger partial charge in [-0.2, -0.15) is 0 Å². The lowest BCUT2D eigenvalue weighted by Crippen LogP contribution is -2.55. The van der Waals surface area contributed by atoms with Crippen molar-refractivity contribution >= 4 is 11.8 Å². The zero-order valence-corrected chi connectivity index (χ0v) is 14.5. The molecule has 132 valence electrons. The molecule has 0 bridgehead atoms. The number of hydrogen-bond donors (Lipinski definition) is 1. The van der Waals surface area contributed by atoms with Gasteiger partial charge < -0.3 is 14.7 Å². The van der Waals surface area contributed by atoms with Gasteiger partial charge in [0.15, 0.2) is 0 Å². The Balaban J connectivity index is 1.63. The lowest BCUT2D eigenvalue weighted by atomic mass is 10.1. The van der Waals surface area contributed by atoms with Crippen LogP contribution >= 0.6 is 0 Å². The van der Waals surface area contributed by atoms with E-state index in [9.17, 15) is 9.59 Å². The van der Waals surface area contributed by atoms with Crippen molar-refractivity contribution in [3.05, 3.63) is 17.0 Å². The normalized spacial score (nSPS) is 23.0. The fraction of sp³-hybridized carbons (Fsp3) is 0.706. The Hall–Kier alpha value is -1.89. The highest BCUT2D eigenvalue weighted by Crippen LogP contribution is 2.20. The van der Waals surface area contributed by atoms with Crippen LogP contribution < -0.4 is 5.32 Å². The van der Waals surface area contributed by atoms with Crippen molar-refractivity contribution in [1.29, 1.82) is 0 Å². The maximum Gasteiger partial charge on any atom is 0.259 e. The van der Waals surface area contributed by atoms with Gasteiger partial charge >= 0.3 is 0 Å². The molecule has 3 rings (SSSR count). The second kappa shape index (κ2) is 7.34. The predicted octanol–water partition coefficient (Wildman–Crippen LogP) is 0.972. The molecule has 3 heterocycles. The summed E-state index contributed by atoms with van der Waals surface area (Å²) in [6.45, 7) is 7.28. The highest BCUT2D eigenvalue weighted by Gasteiger charge is 2.32. The number of carbonyl (C=O) groups is 2. The van der Waals surface area contributed by atoms with Crippen LogP contribution in [0.1, 0.15) is 48.0 Å². The van der Waals surface area contributed by atoms with E-state index in [1.165, 1.54) is 0 Å². The molecule has 24 heavy (non-hydrogen) atoms. The standard InChI is InChI=1S/C17H26N4O3/c1-3-14-15(12(2)19-24-14)17(23)21-10-8-20(9-11-21)13-6-4-5-7-18-16(13)22/h13H,3-11H2,1-2H3,(H,18,22). The van der Waals surface area contributed by atoms with Crippen LogP contribution in [0.2, 0.25) is 0 Å². The molecule has 0 aromatic carbocycles. The lowest BCUT2D eigenvalue weighted by Gasteiger charge is -2.38. The molecule has 2 amide bonds. The lowest BCUT2D eigenvalue weighted by molar-refractivity contribution is -0.126. The summed E-state index contributed by atoms with van der Waals surface area (Å²) in [4.78, 5) is 29.0. The van der Waals surface area contributed by atoms with Gasteiger partial charge in [-0.05, 0) is 26.2 Å². The molecule has 0 spiro atoms. The fourth-order valence-electron chi connectivity index (χ4n) is 3.60. The number of aryl methyl sites for hydroxylation is 2. The van der Waals surface area contributed by atoms with E-state index in [4.69, 9.17) is 4.52 Å². The van der Waals surface area contributed by atoms with E-state index in [2.05, 4.69) is 15.4 Å². The third kappa shape index (κ3) is 3.31. The average Bonchev–Trinajstić information content (AvgIpc) is 2.84. The molecule has 1 unspecified atom stereocenters. The molecule has 1 aromatic heterocycles. The first-order chi connectivity index (χ1) is 11.6. The maximum atomic E-state index is 12.8. The zero-order valence-electron chi connectivity index (χ0n) is 14.5. The molecular weight excluding hydrogens is 308 g/mol. The summed E-state index contributed by atoms with van der Waals surface area (Å²) >= 11 is 0. The highest BCUT2D eigenvalue weighted by atomic mass is 16.5. The summed E-state index contributed by atoms with van der Waals surface area (Å²) in [5.74, 6) is 0.786. The van der Waals surface area contributed by atoms with E-state index in [-0.39, 0.29) is 17.9 Å². The van der Waals surface area contributed by atoms with Gasteiger partial charge in [0.1, 0.15) is 11.3 Å². The first-order valence-electron chi connectivity index (χ1n) is 8.88. The molecule has 2 saturated heterocycles. The first-order valence-corrected chi connectivity index (χ1v) is 8.88. The van der Waals surface area contributed by atoms with E-state index >= 15 is 0 Å². The molecule has 1 atom stereocenters. The predicted molar refractivity (Wildman–Crippen MR) is 88.7 cm³/mol. The zero-order chi connectivity index (χ0) is 17.1. The smallest absolute Gasteiger partial charge is 0.259 e. The summed E-state index contributed by atoms with van der Waals surface area (Å²) in [5.41, 5.74) is 1.26. The Morgan fingerprint density at radius 2 is 2.04 bits per heavy atom. The molecule has 1 N–H and O–H groups in total. The monoisotopic (exact) mass is 334 g/mol. The molecule has 0 radical (unpaired) electrons. The van der Waals surface area contributed by atoms with E-state index in [0.717, 1.165) is 38.9 Å². The summed E-state index contributed by atoms with van der Waals surface area (Å²) in [5, 5.41) is 6.92. The first kappa shape index (κ1) is 17.0. The third-order valence-electron chi connectivity index (χ3n) is 5.02. The molecule has 2 fully saturated rings. The number of amides is 2. The topological polar surface area (TPSA) is 78.7 Å². The maximum absolute atomic E-state index is 12.8. The van der Waals surface area contributed by atoms with Gasteiger partial charge in [-0.25, -0.2) is 0 Å². The Labute approximate surface area is 142 Å². The second-order valence-electron chi connectivity index (χ2n) is 6.55. The van der Waals surface area contributed by atoms with E-state index in [0.29, 0.717) is 36.5 Å². The molecule has 1 aromatic rings. The summed E-state index contributed by atoms with van der Waals surface area (Å²) in [6.07, 6.45) is 3.68. The van der Waals surface area contributed by atoms with E-state index in [1.54, 1.807) is 0 Å². The van der Waals surface area contributed by atoms with E-state index < -0.39 is 0 Å². The van der Waals surface area contributed by atoms with Gasteiger partial charge in [0, 0.05) is 39.1 Å². The number of rotatable bonds is 3. The minimum Gasteiger partial charge on any atom is -0.360 e. The van der Waals surface area contributed by atoms with Crippen molar-refractivity contribution in [3.8, 4) is 0 Å². The number of nitrogens with one attached hydrogen (secondary N) is 1. The SMILES string of the molecule is CCc1onc(C)c1C(=O)N1CCN(C2CCCCNC2=O)CC1. The number of nitrogens with zero attached hydrogens (tertiary/aromatic N) is 3. The Morgan fingerprint density at radius 3 is 2.75 bits per heavy atom. The van der Waals surface area contributed by atoms with Gasteiger partial charge in [-0.3, -0.25) is 14.5 Å². The van der Waals surface area contributed by atoms with Crippen molar-refractivity contribution < 1.29 is 14.1 Å². The van der Waals surface area contributed by atoms with Gasteiger partial charge in [-0.1, -0.05) is 12.1 Å². The molecular formula is C17H26N4O3. The molecule has 0 saturated carbocycles. The quantitative estimate of drug-likeness (QED) is 0.891. The third-order valence-corrected chi connectivity index (χ3v) is 5.02. The van der Waals surface area contributed by atoms with Crippen LogP contribution in [0.15, 0.2) is 4.52 Å². The van der Waals surface area contributed by atoms with Crippen LogP contribution in [-0.4, -0.2) is 65.5 Å². The van der Waals surface area contributed by atoms with Crippen LogP contribution in [0, 0.1) is 6.92 Å². The fourth-order valence-corrected chi connectivity index (χ4v) is 3.60. The average molecular weight is 334 g/mol. The summed E-state index contributed by atoms with van der Waals surface area (Å²) in [7, 11) is 0. The molecule has 2 aliphatic heterocycles. The van der Waals surface area contributed by atoms with E-state index in [1.807, 2.05) is 18.7 Å². The molecule has 0 aliphatic carbocycles. The van der Waals surface area contributed by atoms with Crippen molar-refractivity contribution in [1.82, 2.24) is 20.3 Å². The minimum absolute atomic E-state index is 0.00410. The van der Waals surface area contributed by atoms with Crippen molar-refractivity contribution in [2.45, 2.75) is 45.6 Å². The van der Waals surface area contributed by atoms with Crippen LogP contribution in [0.4, 0.5) is 0 Å². The van der Waals surface area contributed by atoms with Gasteiger partial charge in [0.25, 0.3) is 5.91 Å². The van der Waals surface area contributed by atoms with Crippen molar-refractivity contribution in [2.75, 3.05) is 32.7 Å². The van der Waals surface area contributed by atoms with Crippen LogP contribution in [0.5, 0.6) is 0 Å². The molecule has 7 heteroatoms. The summed E-state index contributed by atoms with van der Waals surface area (Å²) < 4.78 is 5.24. The van der Waals surface area contributed by atoms with Crippen molar-refractivity contribution in [2.24, 2.45) is 0 Å².